The Morgan fingerprint density at radius 2 is 2.21 bits per heavy atom. The van der Waals surface area contributed by atoms with E-state index in [9.17, 15) is 0 Å². The Balaban J connectivity index is -0.000000902. The fourth-order valence-electron chi connectivity index (χ4n) is 1.74. The van der Waals surface area contributed by atoms with Crippen LogP contribution in [0.5, 0.6) is 0 Å². The molecule has 0 aromatic carbocycles. The summed E-state index contributed by atoms with van der Waals surface area (Å²) in [6, 6.07) is 3.94. The number of hydrogen-bond donors (Lipinski definition) is 2. The van der Waals surface area contributed by atoms with Crippen LogP contribution in [0.3, 0.4) is 0 Å². The van der Waals surface area contributed by atoms with Crippen molar-refractivity contribution in [2.75, 3.05) is 6.54 Å². The molecule has 2 aromatic heterocycles. The van der Waals surface area contributed by atoms with Gasteiger partial charge in [-0.05, 0) is 31.5 Å². The van der Waals surface area contributed by atoms with Crippen LogP contribution < -0.4 is 11.5 Å². The molecule has 4 N–H and O–H groups in total. The smallest absolute Gasteiger partial charge is 0.330 e. The number of thiazole rings is 1. The van der Waals surface area contributed by atoms with Crippen molar-refractivity contribution in [1.82, 2.24) is 9.97 Å². The van der Waals surface area contributed by atoms with E-state index < -0.39 is 0 Å². The van der Waals surface area contributed by atoms with Crippen molar-refractivity contribution >= 4 is 23.7 Å². The average Bonchev–Trinajstić information content (AvgIpc) is 2.89. The van der Waals surface area contributed by atoms with E-state index in [1.54, 1.807) is 17.5 Å². The summed E-state index contributed by atoms with van der Waals surface area (Å²) < 4.78 is 0. The van der Waals surface area contributed by atoms with Crippen molar-refractivity contribution in [3.63, 3.8) is 0 Å². The first-order valence-electron chi connectivity index (χ1n) is 6.12. The molecule has 0 saturated heterocycles. The molecular formula is C13H22ClN4S+3. The minimum atomic E-state index is 0. The topological polar surface area (TPSA) is 77.8 Å². The number of halogens is 1. The van der Waals surface area contributed by atoms with Gasteiger partial charge in [-0.2, -0.15) is 0 Å². The fourth-order valence-corrected chi connectivity index (χ4v) is 2.60. The summed E-state index contributed by atoms with van der Waals surface area (Å²) in [5, 5.41) is 3.03. The summed E-state index contributed by atoms with van der Waals surface area (Å²) in [4.78, 5) is 8.68. The van der Waals surface area contributed by atoms with E-state index in [1.165, 1.54) is 0 Å². The molecule has 0 aliphatic heterocycles. The third-order valence-corrected chi connectivity index (χ3v) is 3.74. The van der Waals surface area contributed by atoms with Crippen LogP contribution in [0.2, 0.25) is 0 Å². The van der Waals surface area contributed by atoms with Crippen molar-refractivity contribution in [3.8, 4) is 11.3 Å². The van der Waals surface area contributed by atoms with Crippen molar-refractivity contribution in [1.29, 1.82) is 0 Å². The molecule has 0 saturated carbocycles. The number of nitrogens with two attached hydrogens (primary N) is 2. The Hall–Kier alpha value is -1.01. The monoisotopic (exact) mass is 301 g/mol. The first-order valence-corrected chi connectivity index (χ1v) is 7.00. The van der Waals surface area contributed by atoms with Gasteiger partial charge < -0.3 is 11.5 Å². The van der Waals surface area contributed by atoms with Crippen LogP contribution >= 0.6 is 23.7 Å². The highest BCUT2D eigenvalue weighted by Gasteiger charge is 2.11. The van der Waals surface area contributed by atoms with Gasteiger partial charge in [-0.25, -0.2) is 4.98 Å². The molecule has 0 spiro atoms. The van der Waals surface area contributed by atoms with E-state index in [0.717, 1.165) is 42.1 Å². The maximum Gasteiger partial charge on any atom is 1.00 e. The Morgan fingerprint density at radius 3 is 2.89 bits per heavy atom. The molecule has 6 heteroatoms. The van der Waals surface area contributed by atoms with Crippen molar-refractivity contribution in [2.45, 2.75) is 25.3 Å². The van der Waals surface area contributed by atoms with E-state index in [1.807, 2.05) is 23.7 Å². The number of unbranched alkanes of at least 4 members (excludes halogenated alkanes) is 1. The lowest BCUT2D eigenvalue weighted by atomic mass is 10.1. The number of rotatable bonds is 6. The van der Waals surface area contributed by atoms with Gasteiger partial charge in [0.15, 0.2) is 0 Å². The summed E-state index contributed by atoms with van der Waals surface area (Å²) in [5.74, 6) is 0. The van der Waals surface area contributed by atoms with Gasteiger partial charge in [0.1, 0.15) is 5.01 Å². The van der Waals surface area contributed by atoms with E-state index in [0.29, 0.717) is 0 Å². The predicted octanol–water partition coefficient (Wildman–Crippen LogP) is 3.09. The SMILES string of the molecule is Cl.NCCCCC(N)c1nc(-c2cccnc2)cs1.[H+].[H+].[H+]. The molecule has 2 aromatic rings. The molecule has 0 fully saturated rings. The van der Waals surface area contributed by atoms with Crippen LogP contribution in [-0.2, 0) is 0 Å². The van der Waals surface area contributed by atoms with Gasteiger partial charge in [0.2, 0.25) is 0 Å². The average molecular weight is 302 g/mol. The summed E-state index contributed by atoms with van der Waals surface area (Å²) in [6.07, 6.45) is 6.60. The van der Waals surface area contributed by atoms with Crippen molar-refractivity contribution in [3.05, 3.63) is 34.9 Å². The van der Waals surface area contributed by atoms with Crippen LogP contribution in [0.25, 0.3) is 11.3 Å². The normalized spacial score (nSPS) is 11.9. The quantitative estimate of drug-likeness (QED) is 0.804. The third-order valence-electron chi connectivity index (χ3n) is 2.77. The van der Waals surface area contributed by atoms with Crippen molar-refractivity contribution < 1.29 is 4.28 Å². The first kappa shape index (κ1) is 16.0. The summed E-state index contributed by atoms with van der Waals surface area (Å²) in [6.45, 7) is 0.728. The molecule has 1 unspecified atom stereocenters. The maximum atomic E-state index is 6.12. The summed E-state index contributed by atoms with van der Waals surface area (Å²) >= 11 is 1.62. The van der Waals surface area contributed by atoms with Crippen molar-refractivity contribution in [2.24, 2.45) is 11.5 Å². The highest BCUT2D eigenvalue weighted by Crippen LogP contribution is 2.26. The Kier molecular flexibility index (Phi) is 6.94. The van der Waals surface area contributed by atoms with Crippen LogP contribution in [-0.4, -0.2) is 16.5 Å². The number of pyridine rings is 1. The first-order chi connectivity index (χ1) is 8.81. The van der Waals surface area contributed by atoms with Crippen LogP contribution in [0.15, 0.2) is 29.9 Å². The van der Waals surface area contributed by atoms with E-state index in [4.69, 9.17) is 11.5 Å². The maximum absolute atomic E-state index is 6.12. The molecule has 0 radical (unpaired) electrons. The molecule has 0 amide bonds. The minimum absolute atomic E-state index is 0. The molecule has 104 valence electrons. The van der Waals surface area contributed by atoms with Gasteiger partial charge >= 0.3 is 4.28 Å². The lowest BCUT2D eigenvalue weighted by molar-refractivity contribution is 0.589. The summed E-state index contributed by atoms with van der Waals surface area (Å²) in [7, 11) is 0. The highest BCUT2D eigenvalue weighted by atomic mass is 35.5. The molecule has 19 heavy (non-hydrogen) atoms. The van der Waals surface area contributed by atoms with Gasteiger partial charge in [0.25, 0.3) is 0 Å². The molecule has 1 atom stereocenters. The largest absolute Gasteiger partial charge is 1.00 e. The second-order valence-electron chi connectivity index (χ2n) is 4.20. The van der Waals surface area contributed by atoms with Gasteiger partial charge in [0, 0.05) is 23.3 Å². The Bertz CT molecular complexity index is 487. The third kappa shape index (κ3) is 4.54. The second kappa shape index (κ2) is 8.22. The Morgan fingerprint density at radius 1 is 1.37 bits per heavy atom. The van der Waals surface area contributed by atoms with E-state index in [-0.39, 0.29) is 22.7 Å². The predicted molar refractivity (Wildman–Crippen MR) is 85.8 cm³/mol. The minimum Gasteiger partial charge on any atom is -0.330 e. The zero-order valence-corrected chi connectivity index (χ0v) is 12.3. The standard InChI is InChI=1S/C13H18N4S.ClH/c14-6-2-1-5-11(15)13-17-12(9-18-13)10-4-3-7-16-8-10;/h3-4,7-9,11H,1-2,5-6,14-15H2;1H/p+3. The Labute approximate surface area is 128 Å². The number of aromatic nitrogens is 2. The molecule has 4 nitrogen and oxygen atoms in total. The zero-order chi connectivity index (χ0) is 12.8. The number of hydrogen-bond acceptors (Lipinski definition) is 5. The van der Waals surface area contributed by atoms with E-state index >= 15 is 0 Å². The van der Waals surface area contributed by atoms with Crippen LogP contribution in [0.1, 0.15) is 34.6 Å². The molecular weight excluding hydrogens is 280 g/mol. The molecule has 2 heterocycles. The van der Waals surface area contributed by atoms with E-state index in [2.05, 4.69) is 9.97 Å². The van der Waals surface area contributed by atoms with Gasteiger partial charge in [-0.1, -0.05) is 6.42 Å². The van der Waals surface area contributed by atoms with Gasteiger partial charge in [0.05, 0.1) is 11.7 Å². The summed E-state index contributed by atoms with van der Waals surface area (Å²) in [5.41, 5.74) is 13.6. The van der Waals surface area contributed by atoms with Crippen LogP contribution in [0, 0.1) is 0 Å². The fraction of sp³-hybridized carbons (Fsp3) is 0.385. The molecule has 0 aliphatic rings. The van der Waals surface area contributed by atoms with Gasteiger partial charge in [-0.15, -0.1) is 23.7 Å². The lowest BCUT2D eigenvalue weighted by Gasteiger charge is -2.07. The molecule has 0 bridgehead atoms. The lowest BCUT2D eigenvalue weighted by Crippen LogP contribution is -2.10. The molecule has 2 rings (SSSR count). The second-order valence-corrected chi connectivity index (χ2v) is 5.09. The van der Waals surface area contributed by atoms with Gasteiger partial charge in [-0.3, -0.25) is 4.98 Å². The highest BCUT2D eigenvalue weighted by molar-refractivity contribution is 7.10. The number of nitrogens with zero attached hydrogens (tertiary/aromatic N) is 2. The van der Waals surface area contributed by atoms with Crippen LogP contribution in [0.4, 0.5) is 0 Å². The zero-order valence-electron chi connectivity index (χ0n) is 13.7. The molecule has 0 aliphatic carbocycles.